The third-order valence-corrected chi connectivity index (χ3v) is 5.86. The molecule has 5 heteroatoms. The number of H-pyrrole nitrogens is 1. The molecule has 1 aromatic heterocycles. The Bertz CT molecular complexity index is 1080. The minimum atomic E-state index is 0.692. The Morgan fingerprint density at radius 2 is 2.00 bits per heavy atom. The highest BCUT2D eigenvalue weighted by molar-refractivity contribution is 8.03. The minimum absolute atomic E-state index is 0.692. The summed E-state index contributed by atoms with van der Waals surface area (Å²) >= 11 is 8.36. The molecule has 3 heterocycles. The number of aromatic nitrogens is 1. The van der Waals surface area contributed by atoms with Crippen molar-refractivity contribution >= 4 is 45.5 Å². The van der Waals surface area contributed by atoms with Gasteiger partial charge in [0.25, 0.3) is 0 Å². The topological polar surface area (TPSA) is 31.1 Å². The van der Waals surface area contributed by atoms with Crippen LogP contribution >= 0.6 is 23.4 Å². The molecular weight excluding hydrogens is 362 g/mol. The number of aromatic amines is 1. The summed E-state index contributed by atoms with van der Waals surface area (Å²) < 4.78 is 0. The Balaban J connectivity index is 1.54. The maximum Gasteiger partial charge on any atom is 0.0739 e. The summed E-state index contributed by atoms with van der Waals surface area (Å²) in [5, 5.41) is 3.90. The maximum absolute atomic E-state index is 6.51. The zero-order valence-corrected chi connectivity index (χ0v) is 15.4. The Kier molecular flexibility index (Phi) is 3.80. The number of hydrogen-bond donors (Lipinski definition) is 2. The average Bonchev–Trinajstić information content (AvgIpc) is 3.31. The number of hydrogen-bond acceptors (Lipinski definition) is 3. The number of halogens is 1. The Labute approximate surface area is 161 Å². The molecule has 0 bridgehead atoms. The predicted octanol–water partition coefficient (Wildman–Crippen LogP) is 6.02. The highest BCUT2D eigenvalue weighted by Gasteiger charge is 2.23. The summed E-state index contributed by atoms with van der Waals surface area (Å²) in [4.78, 5) is 4.47. The fraction of sp³-hybridized carbons (Fsp3) is 0.0476. The molecule has 0 unspecified atom stereocenters. The molecule has 2 N–H and O–H groups in total. The van der Waals surface area contributed by atoms with E-state index in [1.54, 1.807) is 0 Å². The Morgan fingerprint density at radius 1 is 1.12 bits per heavy atom. The molecule has 0 spiro atoms. The zero-order valence-electron chi connectivity index (χ0n) is 13.9. The smallest absolute Gasteiger partial charge is 0.0739 e. The molecular formula is C21H16ClN3S. The van der Waals surface area contributed by atoms with Crippen LogP contribution in [-0.4, -0.2) is 15.7 Å². The van der Waals surface area contributed by atoms with Crippen molar-refractivity contribution in [1.29, 1.82) is 0 Å². The van der Waals surface area contributed by atoms with Crippen molar-refractivity contribution < 1.29 is 0 Å². The van der Waals surface area contributed by atoms with Gasteiger partial charge >= 0.3 is 0 Å². The van der Waals surface area contributed by atoms with Crippen LogP contribution in [0.25, 0.3) is 16.5 Å². The molecule has 0 amide bonds. The second kappa shape index (κ2) is 6.31. The van der Waals surface area contributed by atoms with Crippen LogP contribution in [0.1, 0.15) is 5.56 Å². The van der Waals surface area contributed by atoms with E-state index in [1.165, 1.54) is 21.7 Å². The van der Waals surface area contributed by atoms with Crippen LogP contribution in [0.15, 0.2) is 83.7 Å². The monoisotopic (exact) mass is 377 g/mol. The number of nitrogens with one attached hydrogen (secondary N) is 2. The van der Waals surface area contributed by atoms with E-state index in [0.717, 1.165) is 22.3 Å². The van der Waals surface area contributed by atoms with Crippen molar-refractivity contribution in [3.63, 3.8) is 0 Å². The minimum Gasteiger partial charge on any atom is -0.361 e. The molecule has 2 aliphatic heterocycles. The molecule has 0 fully saturated rings. The Morgan fingerprint density at radius 3 is 2.88 bits per heavy atom. The van der Waals surface area contributed by atoms with Crippen LogP contribution in [0.5, 0.6) is 0 Å². The first-order chi connectivity index (χ1) is 12.8. The van der Waals surface area contributed by atoms with Gasteiger partial charge in [-0.25, -0.2) is 0 Å². The highest BCUT2D eigenvalue weighted by atomic mass is 35.5. The lowest BCUT2D eigenvalue weighted by Crippen LogP contribution is -2.26. The molecule has 3 aromatic rings. The van der Waals surface area contributed by atoms with Crippen molar-refractivity contribution in [2.24, 2.45) is 0 Å². The molecule has 0 saturated carbocycles. The summed E-state index contributed by atoms with van der Waals surface area (Å²) in [6, 6.07) is 16.5. The standard InChI is InChI=1S/C21H16ClN3S/c22-17-12-18-15(6-8-23-18)10-19(17)24-25-13-16(14-4-2-1-3-5-14)11-21-20(25)7-9-26-21/h1-8,10-13,23-24H,9H2. The van der Waals surface area contributed by atoms with Crippen LogP contribution in [0, 0.1) is 0 Å². The van der Waals surface area contributed by atoms with E-state index in [1.807, 2.05) is 36.2 Å². The molecule has 0 saturated heterocycles. The average molecular weight is 378 g/mol. The largest absolute Gasteiger partial charge is 0.361 e. The summed E-state index contributed by atoms with van der Waals surface area (Å²) in [6.45, 7) is 0. The molecule has 128 valence electrons. The van der Waals surface area contributed by atoms with Gasteiger partial charge in [-0.2, -0.15) is 0 Å². The van der Waals surface area contributed by atoms with E-state index in [9.17, 15) is 0 Å². The van der Waals surface area contributed by atoms with E-state index in [2.05, 4.69) is 64.1 Å². The number of hydrazine groups is 1. The first-order valence-corrected chi connectivity index (χ1v) is 9.79. The molecule has 2 aromatic carbocycles. The van der Waals surface area contributed by atoms with Crippen LogP contribution in [0.2, 0.25) is 5.02 Å². The van der Waals surface area contributed by atoms with E-state index in [0.29, 0.717) is 5.02 Å². The molecule has 0 radical (unpaired) electrons. The van der Waals surface area contributed by atoms with Crippen LogP contribution < -0.4 is 5.43 Å². The van der Waals surface area contributed by atoms with E-state index in [4.69, 9.17) is 11.6 Å². The molecule has 0 atom stereocenters. The van der Waals surface area contributed by atoms with Gasteiger partial charge < -0.3 is 4.98 Å². The number of thioether (sulfide) groups is 1. The van der Waals surface area contributed by atoms with Crippen LogP contribution in [0.3, 0.4) is 0 Å². The second-order valence-electron chi connectivity index (χ2n) is 6.24. The van der Waals surface area contributed by atoms with E-state index >= 15 is 0 Å². The molecule has 3 nitrogen and oxygen atoms in total. The first kappa shape index (κ1) is 15.7. The fourth-order valence-corrected chi connectivity index (χ4v) is 4.44. The molecule has 0 aliphatic carbocycles. The highest BCUT2D eigenvalue weighted by Crippen LogP contribution is 2.40. The van der Waals surface area contributed by atoms with E-state index in [-0.39, 0.29) is 0 Å². The lowest BCUT2D eigenvalue weighted by molar-refractivity contribution is 0.572. The molecule has 26 heavy (non-hydrogen) atoms. The SMILES string of the molecule is Clc1cc2[nH]ccc2cc1NN1C=C(c2ccccc2)C=C2SCC=C21. The van der Waals surface area contributed by atoms with Gasteiger partial charge in [0.15, 0.2) is 0 Å². The van der Waals surface area contributed by atoms with Crippen molar-refractivity contribution in [1.82, 2.24) is 9.99 Å². The Hall–Kier alpha value is -2.56. The summed E-state index contributed by atoms with van der Waals surface area (Å²) in [6.07, 6.45) is 8.56. The van der Waals surface area contributed by atoms with Gasteiger partial charge in [-0.05, 0) is 35.9 Å². The first-order valence-electron chi connectivity index (χ1n) is 8.43. The second-order valence-corrected chi connectivity index (χ2v) is 7.71. The lowest BCUT2D eigenvalue weighted by Gasteiger charge is -2.29. The van der Waals surface area contributed by atoms with Gasteiger partial charge in [0.05, 0.1) is 16.4 Å². The normalized spacial score (nSPS) is 16.2. The van der Waals surface area contributed by atoms with Gasteiger partial charge in [0.2, 0.25) is 0 Å². The number of anilines is 1. The van der Waals surface area contributed by atoms with Gasteiger partial charge in [-0.3, -0.25) is 10.4 Å². The summed E-state index contributed by atoms with van der Waals surface area (Å²) in [7, 11) is 0. The number of fused-ring (bicyclic) bond motifs is 2. The summed E-state index contributed by atoms with van der Waals surface area (Å²) in [5.41, 5.74) is 8.98. The quantitative estimate of drug-likeness (QED) is 0.585. The molecule has 5 rings (SSSR count). The van der Waals surface area contributed by atoms with Gasteiger partial charge in [0.1, 0.15) is 0 Å². The third-order valence-electron chi connectivity index (χ3n) is 4.57. The number of benzene rings is 2. The van der Waals surface area contributed by atoms with Gasteiger partial charge in [-0.1, -0.05) is 41.9 Å². The van der Waals surface area contributed by atoms with E-state index < -0.39 is 0 Å². The maximum atomic E-state index is 6.51. The zero-order chi connectivity index (χ0) is 17.5. The van der Waals surface area contributed by atoms with Gasteiger partial charge in [-0.15, -0.1) is 11.8 Å². The van der Waals surface area contributed by atoms with Crippen LogP contribution in [0.4, 0.5) is 5.69 Å². The van der Waals surface area contributed by atoms with Crippen molar-refractivity contribution in [2.75, 3.05) is 11.2 Å². The number of nitrogens with zero attached hydrogens (tertiary/aromatic N) is 1. The number of rotatable bonds is 3. The fourth-order valence-electron chi connectivity index (χ4n) is 3.28. The third kappa shape index (κ3) is 2.71. The van der Waals surface area contributed by atoms with Crippen molar-refractivity contribution in [3.8, 4) is 0 Å². The predicted molar refractivity (Wildman–Crippen MR) is 112 cm³/mol. The van der Waals surface area contributed by atoms with Crippen molar-refractivity contribution in [2.45, 2.75) is 0 Å². The van der Waals surface area contributed by atoms with Gasteiger partial charge in [0, 0.05) is 39.5 Å². The summed E-state index contributed by atoms with van der Waals surface area (Å²) in [5.74, 6) is 0.986. The number of allylic oxidation sites excluding steroid dienone is 2. The van der Waals surface area contributed by atoms with Crippen LogP contribution in [-0.2, 0) is 0 Å². The molecule has 2 aliphatic rings. The van der Waals surface area contributed by atoms with Crippen molar-refractivity contribution in [3.05, 3.63) is 94.3 Å². The lowest BCUT2D eigenvalue weighted by atomic mass is 10.0.